The lowest BCUT2D eigenvalue weighted by Crippen LogP contribution is -2.57. The fourth-order valence-corrected chi connectivity index (χ4v) is 12.8. The number of hydrogen-bond acceptors (Lipinski definition) is 1. The van der Waals surface area contributed by atoms with Gasteiger partial charge in [-0.25, -0.2) is 0 Å². The van der Waals surface area contributed by atoms with Crippen LogP contribution in [0.2, 0.25) is 15.6 Å². The van der Waals surface area contributed by atoms with Gasteiger partial charge in [0.25, 0.3) is 0 Å². The minimum absolute atomic E-state index is 0.0376. The van der Waals surface area contributed by atoms with Gasteiger partial charge in [-0.2, -0.15) is 0 Å². The van der Waals surface area contributed by atoms with Crippen LogP contribution in [0, 0.1) is 5.92 Å². The van der Waals surface area contributed by atoms with E-state index >= 15 is 0 Å². The Labute approximate surface area is 134 Å². The van der Waals surface area contributed by atoms with Crippen LogP contribution >= 0.6 is 0 Å². The Morgan fingerprint density at radius 1 is 1.19 bits per heavy atom. The van der Waals surface area contributed by atoms with E-state index in [1.807, 2.05) is 6.08 Å². The van der Waals surface area contributed by atoms with E-state index in [2.05, 4.69) is 68.9 Å². The Morgan fingerprint density at radius 3 is 1.95 bits per heavy atom. The number of allylic oxidation sites excluding steroid dienone is 1. The van der Waals surface area contributed by atoms with Gasteiger partial charge in [-0.05, 0) is 47.7 Å². The minimum atomic E-state index is -1.95. The molecule has 0 spiro atoms. The van der Waals surface area contributed by atoms with Crippen molar-refractivity contribution >= 4 is 8.32 Å². The van der Waals surface area contributed by atoms with E-state index in [0.717, 1.165) is 18.4 Å². The van der Waals surface area contributed by atoms with Crippen LogP contribution in [-0.4, -0.2) is 13.9 Å². The monoisotopic (exact) mass is 310 g/mol. The zero-order valence-electron chi connectivity index (χ0n) is 16.0. The first-order valence-electron chi connectivity index (χ1n) is 8.62. The molecule has 0 amide bonds. The maximum absolute atomic E-state index is 7.13. The summed E-state index contributed by atoms with van der Waals surface area (Å²) in [5.41, 5.74) is 0.767. The zero-order chi connectivity index (χ0) is 16.7. The lowest BCUT2D eigenvalue weighted by Gasteiger charge is -2.53. The van der Waals surface area contributed by atoms with E-state index in [4.69, 9.17) is 4.43 Å². The van der Waals surface area contributed by atoms with Crippen molar-refractivity contribution in [2.75, 3.05) is 0 Å². The summed E-state index contributed by atoms with van der Waals surface area (Å²) >= 11 is 0. The second-order valence-electron chi connectivity index (χ2n) is 9.67. The molecule has 2 heteroatoms. The Kier molecular flexibility index (Phi) is 5.28. The molecule has 2 atom stereocenters. The van der Waals surface area contributed by atoms with Crippen molar-refractivity contribution < 1.29 is 4.43 Å². The molecular formula is C19H38OSi. The fourth-order valence-electron chi connectivity index (χ4n) is 4.92. The van der Waals surface area contributed by atoms with Crippen LogP contribution in [0.1, 0.15) is 81.6 Å². The standard InChI is InChI=1S/C19H38OSi/c1-11-12-13-19(10)14-16(15(2)3)21(20-19,17(4,5)6)18(7,8)9/h11,15-16H,1,12-14H2,2-10H3/t16-,19?/m0/s1. The molecule has 1 aliphatic rings. The van der Waals surface area contributed by atoms with E-state index in [1.165, 1.54) is 6.42 Å². The second-order valence-corrected chi connectivity index (χ2v) is 15.1. The summed E-state index contributed by atoms with van der Waals surface area (Å²) in [5, 5.41) is 0.512. The highest BCUT2D eigenvalue weighted by Gasteiger charge is 2.66. The molecule has 1 aliphatic heterocycles. The van der Waals surface area contributed by atoms with Gasteiger partial charge in [-0.15, -0.1) is 6.58 Å². The van der Waals surface area contributed by atoms with E-state index in [9.17, 15) is 0 Å². The Morgan fingerprint density at radius 2 is 1.67 bits per heavy atom. The fraction of sp³-hybridized carbons (Fsp3) is 0.895. The van der Waals surface area contributed by atoms with Gasteiger partial charge < -0.3 is 4.43 Å². The zero-order valence-corrected chi connectivity index (χ0v) is 17.0. The van der Waals surface area contributed by atoms with Crippen LogP contribution in [0.15, 0.2) is 12.7 Å². The topological polar surface area (TPSA) is 9.23 Å². The molecular weight excluding hydrogens is 272 g/mol. The van der Waals surface area contributed by atoms with Gasteiger partial charge >= 0.3 is 0 Å². The summed E-state index contributed by atoms with van der Waals surface area (Å²) in [4.78, 5) is 0. The normalized spacial score (nSPS) is 29.9. The quantitative estimate of drug-likeness (QED) is 0.414. The lowest BCUT2D eigenvalue weighted by atomic mass is 9.91. The van der Waals surface area contributed by atoms with Crippen LogP contribution in [0.3, 0.4) is 0 Å². The average Bonchev–Trinajstić information content (AvgIpc) is 2.61. The average molecular weight is 311 g/mol. The van der Waals surface area contributed by atoms with Crippen molar-refractivity contribution in [3.63, 3.8) is 0 Å². The highest BCUT2D eigenvalue weighted by atomic mass is 28.4. The third-order valence-electron chi connectivity index (χ3n) is 5.49. The maximum atomic E-state index is 7.13. The smallest absolute Gasteiger partial charge is 0.207 e. The Hall–Kier alpha value is -0.0831. The molecule has 0 aliphatic carbocycles. The van der Waals surface area contributed by atoms with Crippen molar-refractivity contribution in [1.29, 1.82) is 0 Å². The summed E-state index contributed by atoms with van der Waals surface area (Å²) < 4.78 is 7.13. The molecule has 21 heavy (non-hydrogen) atoms. The van der Waals surface area contributed by atoms with Gasteiger partial charge in [-0.3, -0.25) is 0 Å². The molecule has 0 aromatic heterocycles. The Balaban J connectivity index is 3.36. The van der Waals surface area contributed by atoms with Crippen molar-refractivity contribution in [2.45, 2.75) is 103 Å². The first-order valence-corrected chi connectivity index (χ1v) is 10.6. The van der Waals surface area contributed by atoms with Gasteiger partial charge in [0.05, 0.1) is 5.60 Å². The third-order valence-corrected chi connectivity index (χ3v) is 12.7. The molecule has 0 radical (unpaired) electrons. The first kappa shape index (κ1) is 19.0. The van der Waals surface area contributed by atoms with Gasteiger partial charge in [0.2, 0.25) is 8.32 Å². The third kappa shape index (κ3) is 3.31. The molecule has 0 aromatic carbocycles. The number of rotatable bonds is 4. The van der Waals surface area contributed by atoms with Crippen molar-refractivity contribution in [3.8, 4) is 0 Å². The van der Waals surface area contributed by atoms with Crippen LogP contribution < -0.4 is 0 Å². The van der Waals surface area contributed by atoms with E-state index in [-0.39, 0.29) is 15.7 Å². The van der Waals surface area contributed by atoms with E-state index in [0.29, 0.717) is 5.92 Å². The van der Waals surface area contributed by atoms with Gasteiger partial charge in [-0.1, -0.05) is 61.5 Å². The van der Waals surface area contributed by atoms with Crippen LogP contribution in [0.25, 0.3) is 0 Å². The molecule has 1 nitrogen and oxygen atoms in total. The van der Waals surface area contributed by atoms with Crippen LogP contribution in [0.5, 0.6) is 0 Å². The lowest BCUT2D eigenvalue weighted by molar-refractivity contribution is 0.0818. The second kappa shape index (κ2) is 5.85. The molecule has 124 valence electrons. The molecule has 0 N–H and O–H groups in total. The maximum Gasteiger partial charge on any atom is 0.207 e. The SMILES string of the molecule is C=CCCC1(C)C[C@@H](C(C)C)[Si](C(C)(C)C)(C(C)(C)C)O1. The number of hydrogen-bond donors (Lipinski definition) is 0. The summed E-state index contributed by atoms with van der Waals surface area (Å²) in [6, 6.07) is 0. The predicted molar refractivity (Wildman–Crippen MR) is 97.3 cm³/mol. The molecule has 1 rings (SSSR count). The van der Waals surface area contributed by atoms with Crippen molar-refractivity contribution in [1.82, 2.24) is 0 Å². The Bertz CT molecular complexity index is 358. The summed E-state index contributed by atoms with van der Waals surface area (Å²) in [6.07, 6.45) is 5.43. The molecule has 1 saturated heterocycles. The summed E-state index contributed by atoms with van der Waals surface area (Å²) in [5.74, 6) is 0.695. The molecule has 1 unspecified atom stereocenters. The summed E-state index contributed by atoms with van der Waals surface area (Å²) in [6.45, 7) is 25.5. The molecule has 0 bridgehead atoms. The van der Waals surface area contributed by atoms with Crippen LogP contribution in [-0.2, 0) is 4.43 Å². The van der Waals surface area contributed by atoms with Gasteiger partial charge in [0.15, 0.2) is 0 Å². The summed E-state index contributed by atoms with van der Waals surface area (Å²) in [7, 11) is -1.95. The van der Waals surface area contributed by atoms with Crippen LogP contribution in [0.4, 0.5) is 0 Å². The van der Waals surface area contributed by atoms with E-state index < -0.39 is 8.32 Å². The predicted octanol–water partition coefficient (Wildman–Crippen LogP) is 6.70. The van der Waals surface area contributed by atoms with Gasteiger partial charge in [0.1, 0.15) is 0 Å². The van der Waals surface area contributed by atoms with Crippen molar-refractivity contribution in [2.24, 2.45) is 5.92 Å². The van der Waals surface area contributed by atoms with E-state index in [1.54, 1.807) is 0 Å². The molecule has 1 fully saturated rings. The highest BCUT2D eigenvalue weighted by molar-refractivity contribution is 6.81. The first-order chi connectivity index (χ1) is 9.31. The molecule has 0 aromatic rings. The molecule has 1 heterocycles. The minimum Gasteiger partial charge on any atom is -0.410 e. The highest BCUT2D eigenvalue weighted by Crippen LogP contribution is 2.66. The van der Waals surface area contributed by atoms with Crippen molar-refractivity contribution in [3.05, 3.63) is 12.7 Å². The van der Waals surface area contributed by atoms with Gasteiger partial charge in [0, 0.05) is 0 Å². The largest absolute Gasteiger partial charge is 0.410 e. The molecule has 0 saturated carbocycles.